The minimum absolute atomic E-state index is 0.250. The highest BCUT2D eigenvalue weighted by atomic mass is 16.6. The van der Waals surface area contributed by atoms with Gasteiger partial charge in [0.05, 0.1) is 26.0 Å². The lowest BCUT2D eigenvalue weighted by Crippen LogP contribution is -2.49. The molecule has 36 heavy (non-hydrogen) atoms. The van der Waals surface area contributed by atoms with Crippen LogP contribution in [0.1, 0.15) is 28.4 Å². The van der Waals surface area contributed by atoms with Gasteiger partial charge in [-0.1, -0.05) is 91.0 Å². The Kier molecular flexibility index (Phi) is 7.44. The number of hydrogen-bond acceptors (Lipinski definition) is 6. The van der Waals surface area contributed by atoms with E-state index in [-0.39, 0.29) is 6.61 Å². The fraction of sp³-hybridized carbons (Fsp3) is 0.276. The second-order valence-electron chi connectivity index (χ2n) is 9.17. The van der Waals surface area contributed by atoms with E-state index in [1.54, 1.807) is 6.20 Å². The van der Waals surface area contributed by atoms with E-state index in [1.807, 2.05) is 91.0 Å². The lowest BCUT2D eigenvalue weighted by Gasteiger charge is -2.34. The van der Waals surface area contributed by atoms with E-state index < -0.39 is 23.9 Å². The van der Waals surface area contributed by atoms with E-state index in [4.69, 9.17) is 19.9 Å². The molecule has 2 heterocycles. The van der Waals surface area contributed by atoms with Crippen molar-refractivity contribution < 1.29 is 19.3 Å². The molecule has 4 N–H and O–H groups in total. The van der Waals surface area contributed by atoms with Gasteiger partial charge in [0, 0.05) is 12.0 Å². The third-order valence-corrected chi connectivity index (χ3v) is 6.57. The molecule has 3 aromatic carbocycles. The van der Waals surface area contributed by atoms with E-state index >= 15 is 0 Å². The molecule has 0 aliphatic carbocycles. The highest BCUT2D eigenvalue weighted by molar-refractivity contribution is 5.42. The largest absolute Gasteiger partial charge is 0.384 e. The lowest BCUT2D eigenvalue weighted by atomic mass is 9.82. The Morgan fingerprint density at radius 2 is 1.44 bits per heavy atom. The maximum absolute atomic E-state index is 12.3. The number of nitrogens with two attached hydrogens (primary N) is 1. The number of aromatic nitrogens is 2. The molecule has 0 saturated carbocycles. The monoisotopic (exact) mass is 485 g/mol. The first-order chi connectivity index (χ1) is 17.6. The zero-order valence-electron chi connectivity index (χ0n) is 20.0. The van der Waals surface area contributed by atoms with E-state index in [1.165, 1.54) is 0 Å². The van der Waals surface area contributed by atoms with Crippen molar-refractivity contribution in [3.05, 3.63) is 119 Å². The summed E-state index contributed by atoms with van der Waals surface area (Å²) >= 11 is 0. The van der Waals surface area contributed by atoms with Gasteiger partial charge >= 0.3 is 0 Å². The number of nitrogens with one attached hydrogen (secondary N) is 1. The Bertz CT molecular complexity index is 1220. The van der Waals surface area contributed by atoms with Gasteiger partial charge in [-0.05, 0) is 16.7 Å². The third kappa shape index (κ3) is 5.34. The molecule has 7 nitrogen and oxygen atoms in total. The maximum Gasteiger partial charge on any atom is 0.128 e. The Hall–Kier alpha value is -3.49. The summed E-state index contributed by atoms with van der Waals surface area (Å²) in [5, 5.41) is 19.2. The van der Waals surface area contributed by atoms with Crippen molar-refractivity contribution in [3.8, 4) is 0 Å². The van der Waals surface area contributed by atoms with E-state index in [2.05, 4.69) is 10.2 Å². The maximum atomic E-state index is 12.3. The summed E-state index contributed by atoms with van der Waals surface area (Å²) in [7, 11) is 0. The molecule has 186 valence electrons. The van der Waals surface area contributed by atoms with E-state index in [9.17, 15) is 5.11 Å². The molecule has 4 atom stereocenters. The molecule has 0 spiro atoms. The molecular weight excluding hydrogens is 454 g/mol. The van der Waals surface area contributed by atoms with Crippen molar-refractivity contribution in [2.24, 2.45) is 0 Å². The number of hydrogen-bond donors (Lipinski definition) is 3. The Balaban J connectivity index is 1.44. The summed E-state index contributed by atoms with van der Waals surface area (Å²) in [6, 6.07) is 29.7. The normalized spacial score (nSPS) is 23.6. The van der Waals surface area contributed by atoms with Gasteiger partial charge in [-0.2, -0.15) is 5.10 Å². The van der Waals surface area contributed by atoms with Crippen LogP contribution in [0.4, 0.5) is 5.82 Å². The van der Waals surface area contributed by atoms with Crippen LogP contribution in [0.25, 0.3) is 0 Å². The number of aromatic amines is 1. The summed E-state index contributed by atoms with van der Waals surface area (Å²) in [5.41, 5.74) is 8.42. The van der Waals surface area contributed by atoms with Gasteiger partial charge in [-0.3, -0.25) is 5.10 Å². The molecule has 1 fully saturated rings. The average molecular weight is 486 g/mol. The number of nitrogens with zero attached hydrogens (tertiary/aromatic N) is 1. The topological polar surface area (TPSA) is 103 Å². The van der Waals surface area contributed by atoms with E-state index in [0.29, 0.717) is 31.0 Å². The quantitative estimate of drug-likeness (QED) is 0.311. The molecule has 5 rings (SSSR count). The van der Waals surface area contributed by atoms with Crippen molar-refractivity contribution >= 4 is 5.82 Å². The van der Waals surface area contributed by atoms with Gasteiger partial charge in [0.1, 0.15) is 29.7 Å². The number of anilines is 1. The lowest BCUT2D eigenvalue weighted by molar-refractivity contribution is -0.114. The number of rotatable bonds is 10. The zero-order chi connectivity index (χ0) is 24.8. The minimum Gasteiger partial charge on any atom is -0.384 e. The Morgan fingerprint density at radius 1 is 0.861 bits per heavy atom. The third-order valence-electron chi connectivity index (χ3n) is 6.57. The standard InChI is InChI=1S/C29H31N3O4/c30-28-24(17-31-32-28)26-29(33,16-21-10-4-1-5-11-21)27(35-19-23-14-8-3-9-15-23)25(36-26)20-34-18-22-12-6-2-7-13-22/h1-15,17,25-27,33H,16,18-20H2,(H3,30,31,32)/t25-,26+,27-,29+/m1/s1. The van der Waals surface area contributed by atoms with Gasteiger partial charge in [0.2, 0.25) is 0 Å². The molecule has 0 unspecified atom stereocenters. The zero-order valence-corrected chi connectivity index (χ0v) is 20.0. The van der Waals surface area contributed by atoms with Crippen molar-refractivity contribution in [2.45, 2.75) is 43.5 Å². The Morgan fingerprint density at radius 3 is 2.03 bits per heavy atom. The van der Waals surface area contributed by atoms with Crippen LogP contribution in [0, 0.1) is 0 Å². The van der Waals surface area contributed by atoms with Crippen molar-refractivity contribution in [3.63, 3.8) is 0 Å². The van der Waals surface area contributed by atoms with Crippen LogP contribution in [0.2, 0.25) is 0 Å². The number of nitrogen functional groups attached to an aromatic ring is 1. The van der Waals surface area contributed by atoms with Crippen LogP contribution >= 0.6 is 0 Å². The second-order valence-corrected chi connectivity index (χ2v) is 9.17. The minimum atomic E-state index is -1.41. The molecular formula is C29H31N3O4. The number of ether oxygens (including phenoxy) is 3. The predicted molar refractivity (Wildman–Crippen MR) is 137 cm³/mol. The van der Waals surface area contributed by atoms with Gasteiger partial charge in [0.25, 0.3) is 0 Å². The fourth-order valence-corrected chi connectivity index (χ4v) is 4.81. The number of aliphatic hydroxyl groups is 1. The summed E-state index contributed by atoms with van der Waals surface area (Å²) in [6.07, 6.45) is -0.0178. The van der Waals surface area contributed by atoms with Gasteiger partial charge < -0.3 is 25.1 Å². The summed E-state index contributed by atoms with van der Waals surface area (Å²) < 4.78 is 19.0. The first kappa shape index (κ1) is 24.2. The molecule has 1 aliphatic rings. The van der Waals surface area contributed by atoms with E-state index in [0.717, 1.165) is 16.7 Å². The summed E-state index contributed by atoms with van der Waals surface area (Å²) in [6.45, 7) is 1.01. The van der Waals surface area contributed by atoms with Crippen molar-refractivity contribution in [1.29, 1.82) is 0 Å². The van der Waals surface area contributed by atoms with Crippen LogP contribution in [0.15, 0.2) is 97.2 Å². The predicted octanol–water partition coefficient (Wildman–Crippen LogP) is 4.21. The molecule has 1 saturated heterocycles. The van der Waals surface area contributed by atoms with Crippen LogP contribution in [-0.2, 0) is 33.8 Å². The molecule has 1 aliphatic heterocycles. The first-order valence-corrected chi connectivity index (χ1v) is 12.1. The average Bonchev–Trinajstić information content (AvgIpc) is 3.44. The van der Waals surface area contributed by atoms with Crippen LogP contribution in [0.5, 0.6) is 0 Å². The van der Waals surface area contributed by atoms with Gasteiger partial charge in [0.15, 0.2) is 0 Å². The fourth-order valence-electron chi connectivity index (χ4n) is 4.81. The van der Waals surface area contributed by atoms with Crippen LogP contribution < -0.4 is 5.73 Å². The molecule has 0 amide bonds. The van der Waals surface area contributed by atoms with Gasteiger partial charge in [-0.15, -0.1) is 0 Å². The second kappa shape index (κ2) is 11.1. The van der Waals surface area contributed by atoms with Gasteiger partial charge in [-0.25, -0.2) is 0 Å². The summed E-state index contributed by atoms with van der Waals surface area (Å²) in [5.74, 6) is 0.360. The number of H-pyrrole nitrogens is 1. The van der Waals surface area contributed by atoms with Crippen LogP contribution in [0.3, 0.4) is 0 Å². The highest BCUT2D eigenvalue weighted by Gasteiger charge is 2.57. The Labute approximate surface area is 210 Å². The smallest absolute Gasteiger partial charge is 0.128 e. The molecule has 4 aromatic rings. The number of benzene rings is 3. The summed E-state index contributed by atoms with van der Waals surface area (Å²) in [4.78, 5) is 0. The van der Waals surface area contributed by atoms with Crippen molar-refractivity contribution in [1.82, 2.24) is 10.2 Å². The molecule has 7 heteroatoms. The van der Waals surface area contributed by atoms with Crippen LogP contribution in [-0.4, -0.2) is 39.7 Å². The first-order valence-electron chi connectivity index (χ1n) is 12.1. The molecule has 0 bridgehead atoms. The molecule has 0 radical (unpaired) electrons. The molecule has 1 aromatic heterocycles. The SMILES string of the molecule is Nc1[nH]ncc1[C@@H]1O[C@H](COCc2ccccc2)[C@@H](OCc2ccccc2)[C@]1(O)Cc1ccccc1. The van der Waals surface area contributed by atoms with Crippen molar-refractivity contribution in [2.75, 3.05) is 12.3 Å². The highest BCUT2D eigenvalue weighted by Crippen LogP contribution is 2.46.